The SMILES string of the molecule is Cc1nccn1-c1nc(-c2ccccc2C(F)(F)F)c(CCC(=O)[O-])o1. The standard InChI is InChI=1S/C17H14F3N3O3/c1-10-21-8-9-23(10)16-22-15(13(26-16)6-7-14(24)25)11-4-2-3-5-12(11)17(18,19)20/h2-5,8-9H,6-7H2,1H3,(H,24,25)/p-1. The Hall–Kier alpha value is -3.10. The van der Waals surface area contributed by atoms with Gasteiger partial charge in [0, 0.05) is 30.3 Å². The molecule has 136 valence electrons. The van der Waals surface area contributed by atoms with Crippen molar-refractivity contribution in [3.05, 3.63) is 53.8 Å². The van der Waals surface area contributed by atoms with Crippen LogP contribution in [0.5, 0.6) is 0 Å². The van der Waals surface area contributed by atoms with Crippen LogP contribution in [0.4, 0.5) is 13.2 Å². The topological polar surface area (TPSA) is 84.0 Å². The van der Waals surface area contributed by atoms with Gasteiger partial charge in [-0.25, -0.2) is 4.98 Å². The summed E-state index contributed by atoms with van der Waals surface area (Å²) in [6, 6.07) is 4.95. The van der Waals surface area contributed by atoms with E-state index in [0.717, 1.165) is 6.07 Å². The number of aromatic nitrogens is 3. The van der Waals surface area contributed by atoms with E-state index >= 15 is 0 Å². The van der Waals surface area contributed by atoms with Crippen LogP contribution in [-0.2, 0) is 17.4 Å². The highest BCUT2D eigenvalue weighted by molar-refractivity contribution is 5.69. The predicted molar refractivity (Wildman–Crippen MR) is 82.1 cm³/mol. The number of hydrogen-bond acceptors (Lipinski definition) is 5. The van der Waals surface area contributed by atoms with Crippen LogP contribution >= 0.6 is 0 Å². The van der Waals surface area contributed by atoms with Crippen molar-refractivity contribution < 1.29 is 27.5 Å². The first kappa shape index (κ1) is 17.7. The first-order chi connectivity index (χ1) is 12.3. The van der Waals surface area contributed by atoms with E-state index in [4.69, 9.17) is 4.42 Å². The number of carboxylic acid groups (broad SMARTS) is 1. The number of carbonyl (C=O) groups is 1. The number of halogens is 3. The average molecular weight is 364 g/mol. The Kier molecular flexibility index (Phi) is 4.54. The van der Waals surface area contributed by atoms with E-state index < -0.39 is 24.1 Å². The zero-order valence-electron chi connectivity index (χ0n) is 13.6. The molecule has 0 aliphatic heterocycles. The minimum absolute atomic E-state index is 0.0142. The summed E-state index contributed by atoms with van der Waals surface area (Å²) in [5.74, 6) is -0.779. The predicted octanol–water partition coefficient (Wildman–Crippen LogP) is 2.54. The van der Waals surface area contributed by atoms with Crippen molar-refractivity contribution in [3.8, 4) is 17.3 Å². The molecule has 0 aliphatic rings. The lowest BCUT2D eigenvalue weighted by Crippen LogP contribution is -2.22. The van der Waals surface area contributed by atoms with Gasteiger partial charge >= 0.3 is 12.2 Å². The van der Waals surface area contributed by atoms with Crippen LogP contribution in [0.3, 0.4) is 0 Å². The van der Waals surface area contributed by atoms with E-state index in [-0.39, 0.29) is 29.5 Å². The number of alkyl halides is 3. The normalized spacial score (nSPS) is 11.7. The molecule has 0 radical (unpaired) electrons. The Morgan fingerprint density at radius 1 is 1.31 bits per heavy atom. The first-order valence-electron chi connectivity index (χ1n) is 7.64. The Balaban J connectivity index is 2.15. The third-order valence-electron chi connectivity index (χ3n) is 3.76. The van der Waals surface area contributed by atoms with Gasteiger partial charge in [0.2, 0.25) is 0 Å². The second-order valence-electron chi connectivity index (χ2n) is 5.53. The maximum atomic E-state index is 13.3. The summed E-state index contributed by atoms with van der Waals surface area (Å²) in [5.41, 5.74) is -1.11. The number of carbonyl (C=O) groups excluding carboxylic acids is 1. The molecule has 3 rings (SSSR count). The maximum absolute atomic E-state index is 13.3. The molecule has 2 heterocycles. The van der Waals surface area contributed by atoms with Gasteiger partial charge in [0.1, 0.15) is 17.3 Å². The quantitative estimate of drug-likeness (QED) is 0.695. The zero-order chi connectivity index (χ0) is 18.9. The minimum Gasteiger partial charge on any atom is -0.550 e. The molecular formula is C17H13F3N3O3-. The van der Waals surface area contributed by atoms with Crippen LogP contribution in [-0.4, -0.2) is 20.5 Å². The number of aryl methyl sites for hydroxylation is 2. The second-order valence-corrected chi connectivity index (χ2v) is 5.53. The highest BCUT2D eigenvalue weighted by Gasteiger charge is 2.35. The van der Waals surface area contributed by atoms with E-state index in [2.05, 4.69) is 9.97 Å². The zero-order valence-corrected chi connectivity index (χ0v) is 13.6. The van der Waals surface area contributed by atoms with Crippen LogP contribution in [0.15, 0.2) is 41.1 Å². The van der Waals surface area contributed by atoms with Crippen molar-refractivity contribution in [2.24, 2.45) is 0 Å². The Labute approximate surface area is 145 Å². The van der Waals surface area contributed by atoms with Crippen LogP contribution in [0.1, 0.15) is 23.6 Å². The van der Waals surface area contributed by atoms with E-state index in [1.165, 1.54) is 29.0 Å². The molecule has 0 spiro atoms. The lowest BCUT2D eigenvalue weighted by molar-refractivity contribution is -0.305. The number of benzene rings is 1. The largest absolute Gasteiger partial charge is 0.550 e. The molecule has 0 fully saturated rings. The molecule has 2 aromatic heterocycles. The van der Waals surface area contributed by atoms with Gasteiger partial charge in [0.25, 0.3) is 0 Å². The molecule has 0 unspecified atom stereocenters. The summed E-state index contributed by atoms with van der Waals surface area (Å²) in [5, 5.41) is 10.8. The molecule has 1 aromatic carbocycles. The van der Waals surface area contributed by atoms with Crippen LogP contribution < -0.4 is 5.11 Å². The molecule has 0 saturated heterocycles. The Bertz CT molecular complexity index is 944. The van der Waals surface area contributed by atoms with Crippen molar-refractivity contribution in [2.45, 2.75) is 25.9 Å². The highest BCUT2D eigenvalue weighted by atomic mass is 19.4. The first-order valence-corrected chi connectivity index (χ1v) is 7.64. The lowest BCUT2D eigenvalue weighted by atomic mass is 10.0. The number of oxazole rings is 1. The van der Waals surface area contributed by atoms with Crippen LogP contribution in [0.2, 0.25) is 0 Å². The summed E-state index contributed by atoms with van der Waals surface area (Å²) >= 11 is 0. The smallest absolute Gasteiger partial charge is 0.417 e. The average Bonchev–Trinajstić information content (AvgIpc) is 3.18. The number of rotatable bonds is 5. The molecule has 6 nitrogen and oxygen atoms in total. The van der Waals surface area contributed by atoms with E-state index in [1.807, 2.05) is 0 Å². The maximum Gasteiger partial charge on any atom is 0.417 e. The molecule has 0 bridgehead atoms. The Morgan fingerprint density at radius 3 is 2.65 bits per heavy atom. The number of nitrogens with zero attached hydrogens (tertiary/aromatic N) is 3. The summed E-state index contributed by atoms with van der Waals surface area (Å²) in [4.78, 5) is 19.0. The third-order valence-corrected chi connectivity index (χ3v) is 3.76. The van der Waals surface area contributed by atoms with Gasteiger partial charge in [-0.1, -0.05) is 18.2 Å². The van der Waals surface area contributed by atoms with Crippen molar-refractivity contribution >= 4 is 5.97 Å². The second kappa shape index (κ2) is 6.66. The van der Waals surface area contributed by atoms with E-state index in [0.29, 0.717) is 5.82 Å². The van der Waals surface area contributed by atoms with Crippen molar-refractivity contribution in [2.75, 3.05) is 0 Å². The molecule has 0 aliphatic carbocycles. The number of imidazole rings is 1. The van der Waals surface area contributed by atoms with Crippen molar-refractivity contribution in [1.82, 2.24) is 14.5 Å². The van der Waals surface area contributed by atoms with Crippen molar-refractivity contribution in [3.63, 3.8) is 0 Å². The molecule has 0 atom stereocenters. The molecular weight excluding hydrogens is 351 g/mol. The van der Waals surface area contributed by atoms with Gasteiger partial charge < -0.3 is 14.3 Å². The molecule has 0 N–H and O–H groups in total. The summed E-state index contributed by atoms with van der Waals surface area (Å²) in [6.45, 7) is 1.67. The van der Waals surface area contributed by atoms with Gasteiger partial charge in [-0.05, 0) is 19.4 Å². The van der Waals surface area contributed by atoms with Gasteiger partial charge in [-0.2, -0.15) is 18.2 Å². The van der Waals surface area contributed by atoms with Gasteiger partial charge in [0.15, 0.2) is 0 Å². The Morgan fingerprint density at radius 2 is 2.04 bits per heavy atom. The summed E-state index contributed by atoms with van der Waals surface area (Å²) in [7, 11) is 0. The molecule has 26 heavy (non-hydrogen) atoms. The molecule has 9 heteroatoms. The number of hydrogen-bond donors (Lipinski definition) is 0. The van der Waals surface area contributed by atoms with Crippen molar-refractivity contribution in [1.29, 1.82) is 0 Å². The third kappa shape index (κ3) is 3.46. The lowest BCUT2D eigenvalue weighted by Gasteiger charge is -2.11. The monoisotopic (exact) mass is 364 g/mol. The minimum atomic E-state index is -4.59. The van der Waals surface area contributed by atoms with Gasteiger partial charge in [-0.3, -0.25) is 4.57 Å². The van der Waals surface area contributed by atoms with Gasteiger partial charge in [0.05, 0.1) is 5.56 Å². The highest BCUT2D eigenvalue weighted by Crippen LogP contribution is 2.38. The number of carboxylic acids is 1. The fraction of sp³-hybridized carbons (Fsp3) is 0.235. The fourth-order valence-electron chi connectivity index (χ4n) is 2.55. The van der Waals surface area contributed by atoms with Crippen LogP contribution in [0, 0.1) is 6.92 Å². The van der Waals surface area contributed by atoms with Crippen LogP contribution in [0.25, 0.3) is 17.3 Å². The molecule has 0 amide bonds. The van der Waals surface area contributed by atoms with E-state index in [9.17, 15) is 23.1 Å². The van der Waals surface area contributed by atoms with Gasteiger partial charge in [-0.15, -0.1) is 0 Å². The number of aliphatic carboxylic acids is 1. The summed E-state index contributed by atoms with van der Waals surface area (Å²) < 4.78 is 47.1. The fourth-order valence-corrected chi connectivity index (χ4v) is 2.55. The van der Waals surface area contributed by atoms with E-state index in [1.54, 1.807) is 13.1 Å². The molecule has 3 aromatic rings. The molecule has 0 saturated carbocycles. The summed E-state index contributed by atoms with van der Waals surface area (Å²) in [6.07, 6.45) is -2.11.